The van der Waals surface area contributed by atoms with E-state index in [-0.39, 0.29) is 12.0 Å². The maximum Gasteiger partial charge on any atom is 0.259 e. The van der Waals surface area contributed by atoms with Gasteiger partial charge in [0.05, 0.1) is 6.20 Å². The second-order valence-electron chi connectivity index (χ2n) is 6.83. The summed E-state index contributed by atoms with van der Waals surface area (Å²) in [4.78, 5) is 14.6. The molecule has 1 aromatic heterocycles. The standard InChI is InChI=1S/C17H20N2O2.C3H8O/c1-12-6-7-14(13(2)10-12)16-15(11-18-21-16)17(20)19-8-4-3-5-9-19;1-3(2)4/h6-7,10-11H,3-5,8-9H2,1-2H3;3-4H,1-2H3. The van der Waals surface area contributed by atoms with Crippen LogP contribution in [0.15, 0.2) is 28.9 Å². The van der Waals surface area contributed by atoms with E-state index in [1.54, 1.807) is 20.0 Å². The van der Waals surface area contributed by atoms with Crippen LogP contribution in [0.5, 0.6) is 0 Å². The Hall–Kier alpha value is -2.14. The van der Waals surface area contributed by atoms with Gasteiger partial charge in [-0.25, -0.2) is 0 Å². The first-order valence-electron chi connectivity index (χ1n) is 8.89. The molecule has 25 heavy (non-hydrogen) atoms. The zero-order chi connectivity index (χ0) is 18.4. The number of carbonyl (C=O) groups excluding carboxylic acids is 1. The number of carbonyl (C=O) groups is 1. The minimum absolute atomic E-state index is 0.0333. The predicted molar refractivity (Wildman–Crippen MR) is 98.5 cm³/mol. The molecule has 1 aliphatic heterocycles. The highest BCUT2D eigenvalue weighted by Gasteiger charge is 2.24. The Balaban J connectivity index is 0.000000511. The van der Waals surface area contributed by atoms with Crippen molar-refractivity contribution in [2.45, 2.75) is 53.1 Å². The largest absolute Gasteiger partial charge is 0.394 e. The molecule has 0 bridgehead atoms. The lowest BCUT2D eigenvalue weighted by molar-refractivity contribution is 0.0724. The summed E-state index contributed by atoms with van der Waals surface area (Å²) in [6, 6.07) is 6.12. The van der Waals surface area contributed by atoms with Crippen molar-refractivity contribution in [1.82, 2.24) is 10.1 Å². The van der Waals surface area contributed by atoms with Gasteiger partial charge < -0.3 is 14.5 Å². The van der Waals surface area contributed by atoms with Crippen molar-refractivity contribution in [3.8, 4) is 11.3 Å². The summed E-state index contributed by atoms with van der Waals surface area (Å²) in [5.74, 6) is 0.619. The van der Waals surface area contributed by atoms with E-state index in [0.717, 1.165) is 37.1 Å². The fourth-order valence-electron chi connectivity index (χ4n) is 2.92. The highest BCUT2D eigenvalue weighted by molar-refractivity contribution is 5.99. The number of benzene rings is 1. The number of aliphatic hydroxyl groups excluding tert-OH is 1. The van der Waals surface area contributed by atoms with Crippen molar-refractivity contribution in [2.75, 3.05) is 13.1 Å². The molecule has 5 nitrogen and oxygen atoms in total. The maximum atomic E-state index is 12.7. The van der Waals surface area contributed by atoms with E-state index in [9.17, 15) is 4.79 Å². The minimum Gasteiger partial charge on any atom is -0.394 e. The number of aliphatic hydroxyl groups is 1. The number of hydrogen-bond donors (Lipinski definition) is 1. The van der Waals surface area contributed by atoms with E-state index in [1.165, 1.54) is 12.0 Å². The van der Waals surface area contributed by atoms with Gasteiger partial charge in [0.2, 0.25) is 0 Å². The van der Waals surface area contributed by atoms with Crippen LogP contribution in [-0.4, -0.2) is 40.3 Å². The number of rotatable bonds is 2. The van der Waals surface area contributed by atoms with E-state index in [1.807, 2.05) is 24.0 Å². The highest BCUT2D eigenvalue weighted by atomic mass is 16.5. The minimum atomic E-state index is -0.167. The van der Waals surface area contributed by atoms with Crippen LogP contribution in [0.3, 0.4) is 0 Å². The molecule has 2 heterocycles. The number of piperidine rings is 1. The third-order valence-corrected chi connectivity index (χ3v) is 4.07. The number of aromatic nitrogens is 1. The number of amides is 1. The monoisotopic (exact) mass is 344 g/mol. The van der Waals surface area contributed by atoms with Crippen LogP contribution in [0.2, 0.25) is 0 Å². The average molecular weight is 344 g/mol. The summed E-state index contributed by atoms with van der Waals surface area (Å²) in [6.07, 6.45) is 4.74. The second-order valence-corrected chi connectivity index (χ2v) is 6.83. The van der Waals surface area contributed by atoms with Crippen LogP contribution in [-0.2, 0) is 0 Å². The molecule has 2 aromatic rings. The molecule has 5 heteroatoms. The van der Waals surface area contributed by atoms with Crippen LogP contribution in [0.1, 0.15) is 54.6 Å². The van der Waals surface area contributed by atoms with Crippen LogP contribution >= 0.6 is 0 Å². The summed E-state index contributed by atoms with van der Waals surface area (Å²) in [7, 11) is 0. The zero-order valence-electron chi connectivity index (χ0n) is 15.6. The third kappa shape index (κ3) is 5.16. The molecule has 0 atom stereocenters. The lowest BCUT2D eigenvalue weighted by Crippen LogP contribution is -2.35. The van der Waals surface area contributed by atoms with E-state index in [2.05, 4.69) is 18.1 Å². The van der Waals surface area contributed by atoms with Crippen molar-refractivity contribution < 1.29 is 14.4 Å². The molecule has 0 radical (unpaired) electrons. The number of aryl methyl sites for hydroxylation is 2. The molecule has 1 fully saturated rings. The Morgan fingerprint density at radius 1 is 1.20 bits per heavy atom. The fraction of sp³-hybridized carbons (Fsp3) is 0.500. The number of nitrogens with zero attached hydrogens (tertiary/aromatic N) is 2. The van der Waals surface area contributed by atoms with Crippen molar-refractivity contribution in [3.63, 3.8) is 0 Å². The van der Waals surface area contributed by atoms with Crippen molar-refractivity contribution in [3.05, 3.63) is 41.1 Å². The topological polar surface area (TPSA) is 66.6 Å². The summed E-state index contributed by atoms with van der Waals surface area (Å²) >= 11 is 0. The van der Waals surface area contributed by atoms with Gasteiger partial charge in [0.15, 0.2) is 5.76 Å². The van der Waals surface area contributed by atoms with Gasteiger partial charge >= 0.3 is 0 Å². The molecule has 0 saturated carbocycles. The van der Waals surface area contributed by atoms with Crippen LogP contribution in [0.4, 0.5) is 0 Å². The van der Waals surface area contributed by atoms with E-state index < -0.39 is 0 Å². The summed E-state index contributed by atoms with van der Waals surface area (Å²) in [6.45, 7) is 9.18. The van der Waals surface area contributed by atoms with Gasteiger partial charge in [-0.3, -0.25) is 4.79 Å². The fourth-order valence-corrected chi connectivity index (χ4v) is 2.92. The first kappa shape index (κ1) is 19.2. The molecule has 0 spiro atoms. The molecule has 1 saturated heterocycles. The molecular formula is C20H28N2O3. The van der Waals surface area contributed by atoms with Crippen LogP contribution in [0, 0.1) is 13.8 Å². The lowest BCUT2D eigenvalue weighted by atomic mass is 10.0. The van der Waals surface area contributed by atoms with Gasteiger partial charge in [-0.05, 0) is 52.5 Å². The normalized spacial score (nSPS) is 14.2. The smallest absolute Gasteiger partial charge is 0.259 e. The highest BCUT2D eigenvalue weighted by Crippen LogP contribution is 2.28. The quantitative estimate of drug-likeness (QED) is 0.895. The van der Waals surface area contributed by atoms with E-state index in [4.69, 9.17) is 9.63 Å². The van der Waals surface area contributed by atoms with Gasteiger partial charge in [-0.1, -0.05) is 28.9 Å². The first-order chi connectivity index (χ1) is 11.9. The summed E-state index contributed by atoms with van der Waals surface area (Å²) in [5.41, 5.74) is 3.81. The molecule has 1 amide bonds. The average Bonchev–Trinajstić information content (AvgIpc) is 3.04. The number of hydrogen-bond acceptors (Lipinski definition) is 4. The Kier molecular flexibility index (Phi) is 6.76. The summed E-state index contributed by atoms with van der Waals surface area (Å²) in [5, 5.41) is 11.9. The molecule has 1 aromatic carbocycles. The van der Waals surface area contributed by atoms with Gasteiger partial charge in [-0.15, -0.1) is 0 Å². The van der Waals surface area contributed by atoms with Gasteiger partial charge in [0.1, 0.15) is 5.56 Å². The molecule has 0 unspecified atom stereocenters. The molecule has 0 aliphatic carbocycles. The zero-order valence-corrected chi connectivity index (χ0v) is 15.6. The van der Waals surface area contributed by atoms with Crippen LogP contribution < -0.4 is 0 Å². The Labute approximate surface area is 149 Å². The van der Waals surface area contributed by atoms with E-state index >= 15 is 0 Å². The van der Waals surface area contributed by atoms with Crippen LogP contribution in [0.25, 0.3) is 11.3 Å². The molecular weight excluding hydrogens is 316 g/mol. The Morgan fingerprint density at radius 2 is 1.84 bits per heavy atom. The first-order valence-corrected chi connectivity index (χ1v) is 8.89. The Bertz CT molecular complexity index is 698. The van der Waals surface area contributed by atoms with Gasteiger partial charge in [0.25, 0.3) is 5.91 Å². The number of likely N-dealkylation sites (tertiary alicyclic amines) is 1. The predicted octanol–water partition coefficient (Wildman–Crippen LogP) is 3.97. The Morgan fingerprint density at radius 3 is 2.44 bits per heavy atom. The third-order valence-electron chi connectivity index (χ3n) is 4.07. The molecule has 1 N–H and O–H groups in total. The van der Waals surface area contributed by atoms with Crippen molar-refractivity contribution in [1.29, 1.82) is 0 Å². The molecule has 3 rings (SSSR count). The van der Waals surface area contributed by atoms with Crippen molar-refractivity contribution in [2.24, 2.45) is 0 Å². The second kappa shape index (κ2) is 8.81. The van der Waals surface area contributed by atoms with E-state index in [0.29, 0.717) is 11.3 Å². The molecule has 1 aliphatic rings. The lowest BCUT2D eigenvalue weighted by Gasteiger charge is -2.26. The van der Waals surface area contributed by atoms with Crippen molar-refractivity contribution >= 4 is 5.91 Å². The van der Waals surface area contributed by atoms with Gasteiger partial charge in [-0.2, -0.15) is 0 Å². The summed E-state index contributed by atoms with van der Waals surface area (Å²) < 4.78 is 5.39. The molecule has 136 valence electrons. The van der Waals surface area contributed by atoms with Gasteiger partial charge in [0, 0.05) is 24.8 Å². The SMILES string of the molecule is CC(C)O.Cc1ccc(-c2oncc2C(=O)N2CCCCC2)c(C)c1. The maximum absolute atomic E-state index is 12.7.